The number of carbonyl (C=O) groups excluding carboxylic acids is 2. The number of rotatable bonds is 39. The molecule has 0 aliphatic carbocycles. The van der Waals surface area contributed by atoms with Crippen molar-refractivity contribution in [2.45, 2.75) is 180 Å². The van der Waals surface area contributed by atoms with Crippen molar-refractivity contribution < 1.29 is 58.0 Å². The highest BCUT2D eigenvalue weighted by atomic mass is 31.2. The fourth-order valence-corrected chi connectivity index (χ4v) is 6.21. The van der Waals surface area contributed by atoms with E-state index in [1.807, 2.05) is 6.08 Å². The molecule has 0 aliphatic heterocycles. The third-order valence-corrected chi connectivity index (χ3v) is 9.79. The molecule has 5 atom stereocenters. The maximum absolute atomic E-state index is 12.6. The van der Waals surface area contributed by atoms with Gasteiger partial charge in [0, 0.05) is 12.8 Å². The summed E-state index contributed by atoms with van der Waals surface area (Å²) in [5, 5.41) is 38.6. The van der Waals surface area contributed by atoms with Crippen LogP contribution in [0.2, 0.25) is 0 Å². The summed E-state index contributed by atoms with van der Waals surface area (Å²) in [5.74, 6) is -1.18. The number of ether oxygens (including phenoxy) is 2. The highest BCUT2D eigenvalue weighted by Gasteiger charge is 2.27. The fraction of sp³-hybridized carbons (Fsp3) is 0.727. The van der Waals surface area contributed by atoms with E-state index in [2.05, 4.69) is 36.6 Å². The van der Waals surface area contributed by atoms with Gasteiger partial charge in [-0.15, -0.1) is 0 Å². The van der Waals surface area contributed by atoms with Crippen molar-refractivity contribution >= 4 is 19.8 Å². The summed E-state index contributed by atoms with van der Waals surface area (Å²) in [7, 11) is -4.69. The number of allylic oxidation sites excluding steroid dienone is 7. The quantitative estimate of drug-likeness (QED) is 0.0130. The van der Waals surface area contributed by atoms with E-state index in [1.165, 1.54) is 51.4 Å². The molecule has 0 radical (unpaired) electrons. The molecule has 0 aromatic carbocycles. The first-order valence-corrected chi connectivity index (χ1v) is 23.0. The minimum Gasteiger partial charge on any atom is -0.462 e. The molecule has 330 valence electrons. The highest BCUT2D eigenvalue weighted by Crippen LogP contribution is 2.43. The van der Waals surface area contributed by atoms with Gasteiger partial charge in [-0.05, 0) is 64.2 Å². The number of aliphatic hydroxyl groups excluding tert-OH is 4. The summed E-state index contributed by atoms with van der Waals surface area (Å²) in [4.78, 5) is 35.0. The molecular formula is C44H77O12P. The van der Waals surface area contributed by atoms with Crippen LogP contribution in [0.4, 0.5) is 0 Å². The molecule has 57 heavy (non-hydrogen) atoms. The van der Waals surface area contributed by atoms with Crippen LogP contribution in [0.3, 0.4) is 0 Å². The van der Waals surface area contributed by atoms with Gasteiger partial charge in [0.25, 0.3) is 0 Å². The number of hydrogen-bond donors (Lipinski definition) is 5. The van der Waals surface area contributed by atoms with E-state index in [9.17, 15) is 34.4 Å². The van der Waals surface area contributed by atoms with Crippen LogP contribution >= 0.6 is 7.82 Å². The number of hydrogen-bond acceptors (Lipinski definition) is 11. The first kappa shape index (κ1) is 54.6. The summed E-state index contributed by atoms with van der Waals surface area (Å²) in [6.07, 6.45) is 35.3. The number of phosphoric acid groups is 1. The smallest absolute Gasteiger partial charge is 0.462 e. The first-order valence-electron chi connectivity index (χ1n) is 21.5. The lowest BCUT2D eigenvalue weighted by Gasteiger charge is -2.20. The molecule has 0 aromatic rings. The number of aliphatic hydroxyl groups is 4. The minimum atomic E-state index is -4.69. The Kier molecular flexibility index (Phi) is 37.4. The standard InChI is InChI=1S/C44H77O12P/c1-3-5-7-9-11-12-13-14-15-16-17-18-19-21-27-33-43(49)53-37-42(38-55-57(51,52)54-36-41(48)35-45)56-44(50)34-28-32-40(47)31-26-23-22-25-30-39(46)29-24-20-10-8-6-4-2/h14-15,20,22-26,30-31,39-42,45-48H,3-13,16-19,21,27-29,32-38H2,1-2H3,(H,51,52)/b15-14-,23-22+,24-20-,30-25+,31-26-/t39-,40-,41-,42+/m0/s1. The Hall–Kier alpha value is -2.41. The van der Waals surface area contributed by atoms with Crippen LogP contribution in [0, 0.1) is 0 Å². The van der Waals surface area contributed by atoms with E-state index in [4.69, 9.17) is 19.1 Å². The van der Waals surface area contributed by atoms with Gasteiger partial charge in [-0.1, -0.05) is 139 Å². The summed E-state index contributed by atoms with van der Waals surface area (Å²) in [5.41, 5.74) is 0. The molecule has 0 bridgehead atoms. The van der Waals surface area contributed by atoms with Gasteiger partial charge in [0.05, 0.1) is 32.0 Å². The highest BCUT2D eigenvalue weighted by molar-refractivity contribution is 7.47. The molecule has 0 heterocycles. The Morgan fingerprint density at radius 3 is 1.74 bits per heavy atom. The maximum atomic E-state index is 12.6. The van der Waals surface area contributed by atoms with Crippen LogP contribution in [0.25, 0.3) is 0 Å². The molecule has 13 heteroatoms. The Morgan fingerprint density at radius 1 is 0.596 bits per heavy atom. The average Bonchev–Trinajstić information content (AvgIpc) is 3.19. The lowest BCUT2D eigenvalue weighted by atomic mass is 10.1. The average molecular weight is 829 g/mol. The fourth-order valence-electron chi connectivity index (χ4n) is 5.42. The Labute approximate surface area is 343 Å². The topological polar surface area (TPSA) is 189 Å². The zero-order chi connectivity index (χ0) is 42.2. The number of phosphoric ester groups is 1. The van der Waals surface area contributed by atoms with Crippen molar-refractivity contribution in [3.05, 3.63) is 60.8 Å². The first-order chi connectivity index (χ1) is 27.5. The third kappa shape index (κ3) is 38.9. The Bertz CT molecular complexity index is 1170. The van der Waals surface area contributed by atoms with Crippen molar-refractivity contribution in [3.63, 3.8) is 0 Å². The zero-order valence-corrected chi connectivity index (χ0v) is 35.9. The van der Waals surface area contributed by atoms with Gasteiger partial charge in [0.2, 0.25) is 0 Å². The molecular weight excluding hydrogens is 751 g/mol. The molecule has 0 aromatic heterocycles. The summed E-state index contributed by atoms with van der Waals surface area (Å²) in [6, 6.07) is 0. The van der Waals surface area contributed by atoms with Crippen LogP contribution in [-0.2, 0) is 32.7 Å². The second kappa shape index (κ2) is 39.1. The summed E-state index contributed by atoms with van der Waals surface area (Å²) >= 11 is 0. The molecule has 0 amide bonds. The molecule has 1 unspecified atom stereocenters. The van der Waals surface area contributed by atoms with Gasteiger partial charge in [-0.3, -0.25) is 18.6 Å². The predicted octanol–water partition coefficient (Wildman–Crippen LogP) is 9.05. The number of esters is 2. The predicted molar refractivity (Wildman–Crippen MR) is 226 cm³/mol. The van der Waals surface area contributed by atoms with Crippen LogP contribution < -0.4 is 0 Å². The van der Waals surface area contributed by atoms with Crippen LogP contribution in [0.5, 0.6) is 0 Å². The van der Waals surface area contributed by atoms with E-state index >= 15 is 0 Å². The Morgan fingerprint density at radius 2 is 1.11 bits per heavy atom. The van der Waals surface area contributed by atoms with Crippen molar-refractivity contribution in [3.8, 4) is 0 Å². The van der Waals surface area contributed by atoms with Crippen LogP contribution in [0.1, 0.15) is 155 Å². The van der Waals surface area contributed by atoms with Crippen LogP contribution in [0.15, 0.2) is 60.8 Å². The molecule has 12 nitrogen and oxygen atoms in total. The molecule has 0 fully saturated rings. The maximum Gasteiger partial charge on any atom is 0.472 e. The van der Waals surface area contributed by atoms with E-state index in [0.29, 0.717) is 12.8 Å². The SMILES string of the molecule is CCCCC/C=C\C[C@H](O)/C=C/C=C/C=C\[C@H](O)CCCC(=O)O[C@H](COC(=O)CCCCCCC/C=C\CCCCCCCC)COP(=O)(O)OC[C@@H](O)CO. The van der Waals surface area contributed by atoms with Crippen molar-refractivity contribution in [2.24, 2.45) is 0 Å². The van der Waals surface area contributed by atoms with Gasteiger partial charge < -0.3 is 34.8 Å². The van der Waals surface area contributed by atoms with Gasteiger partial charge >= 0.3 is 19.8 Å². The number of carbonyl (C=O) groups is 2. The summed E-state index contributed by atoms with van der Waals surface area (Å²) < 4.78 is 32.5. The van der Waals surface area contributed by atoms with E-state index in [1.54, 1.807) is 36.5 Å². The van der Waals surface area contributed by atoms with E-state index < -0.39 is 70.6 Å². The van der Waals surface area contributed by atoms with Gasteiger partial charge in [0.15, 0.2) is 6.10 Å². The van der Waals surface area contributed by atoms with E-state index in [0.717, 1.165) is 51.4 Å². The molecule has 0 aliphatic rings. The molecule has 0 saturated heterocycles. The number of unbranched alkanes of at least 4 members (excludes halogenated alkanes) is 14. The molecule has 5 N–H and O–H groups in total. The molecule has 0 saturated carbocycles. The largest absolute Gasteiger partial charge is 0.472 e. The second-order valence-electron chi connectivity index (χ2n) is 14.4. The lowest BCUT2D eigenvalue weighted by Crippen LogP contribution is -2.30. The van der Waals surface area contributed by atoms with Gasteiger partial charge in [0.1, 0.15) is 12.7 Å². The van der Waals surface area contributed by atoms with Gasteiger partial charge in [-0.2, -0.15) is 0 Å². The third-order valence-electron chi connectivity index (χ3n) is 8.83. The lowest BCUT2D eigenvalue weighted by molar-refractivity contribution is -0.161. The van der Waals surface area contributed by atoms with Crippen molar-refractivity contribution in [1.29, 1.82) is 0 Å². The molecule has 0 spiro atoms. The Balaban J connectivity index is 4.60. The zero-order valence-electron chi connectivity index (χ0n) is 35.0. The van der Waals surface area contributed by atoms with E-state index in [-0.39, 0.29) is 25.7 Å². The molecule has 0 rings (SSSR count). The normalized spacial score (nSPS) is 15.6. The van der Waals surface area contributed by atoms with Crippen LogP contribution in [-0.4, -0.2) is 88.1 Å². The minimum absolute atomic E-state index is 0.0796. The summed E-state index contributed by atoms with van der Waals surface area (Å²) in [6.45, 7) is 2.01. The second-order valence-corrected chi connectivity index (χ2v) is 15.9. The monoisotopic (exact) mass is 829 g/mol. The van der Waals surface area contributed by atoms with Gasteiger partial charge in [-0.25, -0.2) is 4.57 Å². The van der Waals surface area contributed by atoms with Crippen molar-refractivity contribution in [2.75, 3.05) is 26.4 Å². The van der Waals surface area contributed by atoms with Crippen molar-refractivity contribution in [1.82, 2.24) is 0 Å².